The number of carbonyl (C=O) groups is 1. The summed E-state index contributed by atoms with van der Waals surface area (Å²) in [6, 6.07) is 10.8. The maximum Gasteiger partial charge on any atom is 0.257 e. The summed E-state index contributed by atoms with van der Waals surface area (Å²) in [7, 11) is 3.19. The summed E-state index contributed by atoms with van der Waals surface area (Å²) in [6.45, 7) is 2.83. The maximum absolute atomic E-state index is 12.6. The van der Waals surface area contributed by atoms with Gasteiger partial charge in [-0.2, -0.15) is 0 Å². The third kappa shape index (κ3) is 5.44. The highest BCUT2D eigenvalue weighted by Gasteiger charge is 2.18. The Morgan fingerprint density at radius 1 is 1.24 bits per heavy atom. The van der Waals surface area contributed by atoms with E-state index in [1.54, 1.807) is 18.0 Å². The smallest absolute Gasteiger partial charge is 0.257 e. The second-order valence-corrected chi connectivity index (χ2v) is 5.87. The van der Waals surface area contributed by atoms with E-state index >= 15 is 0 Å². The van der Waals surface area contributed by atoms with Crippen molar-refractivity contribution in [2.45, 2.75) is 6.92 Å². The zero-order valence-corrected chi connectivity index (χ0v) is 16.0. The van der Waals surface area contributed by atoms with E-state index in [1.807, 2.05) is 31.2 Å². The molecule has 1 amide bonds. The van der Waals surface area contributed by atoms with Crippen molar-refractivity contribution in [1.82, 2.24) is 4.90 Å². The van der Waals surface area contributed by atoms with Crippen molar-refractivity contribution in [3.63, 3.8) is 0 Å². The molecule has 0 aliphatic carbocycles. The molecule has 136 valence electrons. The molecule has 2 N–H and O–H groups in total. The third-order valence-electron chi connectivity index (χ3n) is 3.61. The molecule has 0 radical (unpaired) electrons. The lowest BCUT2D eigenvalue weighted by atomic mass is 10.1. The normalized spacial score (nSPS) is 9.92. The molecule has 5 nitrogen and oxygen atoms in total. The summed E-state index contributed by atoms with van der Waals surface area (Å²) in [5, 5.41) is 0.323. The zero-order chi connectivity index (χ0) is 17.7. The molecule has 0 aliphatic rings. The summed E-state index contributed by atoms with van der Waals surface area (Å²) in [4.78, 5) is 14.1. The second kappa shape index (κ2) is 9.39. The Hall–Kier alpha value is -2.11. The molecule has 0 unspecified atom stereocenters. The van der Waals surface area contributed by atoms with Gasteiger partial charge in [0, 0.05) is 13.1 Å². The number of nitrogens with zero attached hydrogens (tertiary/aromatic N) is 1. The van der Waals surface area contributed by atoms with Crippen molar-refractivity contribution in [3.8, 4) is 11.5 Å². The monoisotopic (exact) mass is 384 g/mol. The number of nitrogens with two attached hydrogens (primary N) is 1. The first kappa shape index (κ1) is 20.9. The molecule has 0 saturated heterocycles. The van der Waals surface area contributed by atoms with E-state index in [9.17, 15) is 4.79 Å². The number of halogens is 2. The Morgan fingerprint density at radius 2 is 1.88 bits per heavy atom. The van der Waals surface area contributed by atoms with Crippen molar-refractivity contribution in [2.75, 3.05) is 33.0 Å². The van der Waals surface area contributed by atoms with Crippen LogP contribution in [0.2, 0.25) is 5.02 Å². The molecule has 7 heteroatoms. The Labute approximate surface area is 159 Å². The van der Waals surface area contributed by atoms with Gasteiger partial charge in [-0.25, -0.2) is 0 Å². The highest BCUT2D eigenvalue weighted by atomic mass is 35.5. The Kier molecular flexibility index (Phi) is 7.87. The van der Waals surface area contributed by atoms with Crippen molar-refractivity contribution in [1.29, 1.82) is 0 Å². The van der Waals surface area contributed by atoms with E-state index in [4.69, 9.17) is 26.8 Å². The summed E-state index contributed by atoms with van der Waals surface area (Å²) >= 11 is 6.01. The molecule has 2 aromatic rings. The van der Waals surface area contributed by atoms with Crippen LogP contribution in [-0.2, 0) is 0 Å². The average molecular weight is 385 g/mol. The van der Waals surface area contributed by atoms with Crippen molar-refractivity contribution in [2.24, 2.45) is 0 Å². The van der Waals surface area contributed by atoms with Crippen molar-refractivity contribution in [3.05, 3.63) is 52.5 Å². The Morgan fingerprint density at radius 3 is 2.48 bits per heavy atom. The minimum atomic E-state index is -0.207. The first-order valence-corrected chi connectivity index (χ1v) is 7.88. The van der Waals surface area contributed by atoms with Gasteiger partial charge in [-0.05, 0) is 25.1 Å². The maximum atomic E-state index is 12.6. The van der Waals surface area contributed by atoms with Crippen LogP contribution in [0.3, 0.4) is 0 Å². The van der Waals surface area contributed by atoms with E-state index in [1.165, 1.54) is 18.7 Å². The predicted octanol–water partition coefficient (Wildman–Crippen LogP) is 3.81. The molecule has 2 aromatic carbocycles. The number of amides is 1. The molecule has 25 heavy (non-hydrogen) atoms. The Balaban J connectivity index is 0.00000312. The second-order valence-electron chi connectivity index (χ2n) is 5.46. The summed E-state index contributed by atoms with van der Waals surface area (Å²) < 4.78 is 10.9. The summed E-state index contributed by atoms with van der Waals surface area (Å²) in [6.07, 6.45) is 0. The van der Waals surface area contributed by atoms with E-state index < -0.39 is 0 Å². The molecule has 0 aliphatic heterocycles. The van der Waals surface area contributed by atoms with Crippen LogP contribution < -0.4 is 15.2 Å². The van der Waals surface area contributed by atoms with Crippen LogP contribution in [0, 0.1) is 6.92 Å². The molecule has 0 saturated carbocycles. The highest BCUT2D eigenvalue weighted by molar-refractivity contribution is 6.33. The van der Waals surface area contributed by atoms with Gasteiger partial charge >= 0.3 is 0 Å². The largest absolute Gasteiger partial charge is 0.496 e. The number of aryl methyl sites for hydroxylation is 1. The fraction of sp³-hybridized carbons (Fsp3) is 0.278. The minimum absolute atomic E-state index is 0. The quantitative estimate of drug-likeness (QED) is 0.768. The number of rotatable bonds is 6. The van der Waals surface area contributed by atoms with Crippen LogP contribution in [0.5, 0.6) is 11.5 Å². The zero-order valence-electron chi connectivity index (χ0n) is 14.4. The lowest BCUT2D eigenvalue weighted by Crippen LogP contribution is -2.31. The van der Waals surface area contributed by atoms with E-state index in [0.29, 0.717) is 35.2 Å². The third-order valence-corrected chi connectivity index (χ3v) is 3.94. The SMILES string of the molecule is COc1cc(N)c(Cl)cc1C(=O)N(C)CCOc1ccc(C)cc1.Cl. The lowest BCUT2D eigenvalue weighted by molar-refractivity contribution is 0.0770. The average Bonchev–Trinajstić information content (AvgIpc) is 2.57. The Bertz CT molecular complexity index is 721. The van der Waals surface area contributed by atoms with Crippen LogP contribution in [0.1, 0.15) is 15.9 Å². The summed E-state index contributed by atoms with van der Waals surface area (Å²) in [5.41, 5.74) is 7.65. The number of anilines is 1. The molecule has 0 spiro atoms. The molecule has 0 bridgehead atoms. The van der Waals surface area contributed by atoms with Crippen LogP contribution in [0.15, 0.2) is 36.4 Å². The van der Waals surface area contributed by atoms with Gasteiger partial charge in [0.15, 0.2) is 0 Å². The molecule has 0 atom stereocenters. The van der Waals surface area contributed by atoms with Gasteiger partial charge in [0.1, 0.15) is 18.1 Å². The molecular weight excluding hydrogens is 363 g/mol. The van der Waals surface area contributed by atoms with E-state index in [0.717, 1.165) is 5.75 Å². The fourth-order valence-corrected chi connectivity index (χ4v) is 2.31. The number of hydrogen-bond donors (Lipinski definition) is 1. The van der Waals surface area contributed by atoms with Gasteiger partial charge in [0.2, 0.25) is 0 Å². The van der Waals surface area contributed by atoms with Crippen LogP contribution in [-0.4, -0.2) is 38.1 Å². The highest BCUT2D eigenvalue weighted by Crippen LogP contribution is 2.29. The standard InChI is InChI=1S/C18H21ClN2O3.ClH/c1-12-4-6-13(7-5-12)24-9-8-21(2)18(22)14-10-15(19)16(20)11-17(14)23-3;/h4-7,10-11H,8-9,20H2,1-3H3;1H. The molecular formula is C18H22Cl2N2O3. The van der Waals surface area contributed by atoms with Crippen LogP contribution in [0.25, 0.3) is 0 Å². The molecule has 2 rings (SSSR count). The molecule has 0 fully saturated rings. The fourth-order valence-electron chi connectivity index (χ4n) is 2.15. The van der Waals surface area contributed by atoms with Gasteiger partial charge in [-0.3, -0.25) is 4.79 Å². The van der Waals surface area contributed by atoms with E-state index in [2.05, 4.69) is 0 Å². The van der Waals surface area contributed by atoms with Gasteiger partial charge in [0.25, 0.3) is 5.91 Å². The van der Waals surface area contributed by atoms with Crippen molar-refractivity contribution >= 4 is 35.6 Å². The number of hydrogen-bond acceptors (Lipinski definition) is 4. The number of ether oxygens (including phenoxy) is 2. The van der Waals surface area contributed by atoms with Crippen LogP contribution in [0.4, 0.5) is 5.69 Å². The number of methoxy groups -OCH3 is 1. The minimum Gasteiger partial charge on any atom is -0.496 e. The number of nitrogen functional groups attached to an aromatic ring is 1. The van der Waals surface area contributed by atoms with Gasteiger partial charge in [-0.15, -0.1) is 12.4 Å². The number of benzene rings is 2. The number of likely N-dealkylation sites (N-methyl/N-ethyl adjacent to an activating group) is 1. The first-order valence-electron chi connectivity index (χ1n) is 7.50. The van der Waals surface area contributed by atoms with E-state index in [-0.39, 0.29) is 18.3 Å². The van der Waals surface area contributed by atoms with Gasteiger partial charge in [0.05, 0.1) is 29.9 Å². The topological polar surface area (TPSA) is 64.8 Å². The first-order chi connectivity index (χ1) is 11.4. The van der Waals surface area contributed by atoms with Crippen molar-refractivity contribution < 1.29 is 14.3 Å². The van der Waals surface area contributed by atoms with Gasteiger partial charge in [-0.1, -0.05) is 29.3 Å². The molecule has 0 heterocycles. The lowest BCUT2D eigenvalue weighted by Gasteiger charge is -2.19. The van der Waals surface area contributed by atoms with Gasteiger partial charge < -0.3 is 20.1 Å². The van der Waals surface area contributed by atoms with Crippen LogP contribution >= 0.6 is 24.0 Å². The predicted molar refractivity (Wildman–Crippen MR) is 103 cm³/mol. The number of carbonyl (C=O) groups excluding carboxylic acids is 1. The molecule has 0 aromatic heterocycles. The summed E-state index contributed by atoms with van der Waals surface area (Å²) in [5.74, 6) is 0.962.